The molecule has 0 spiro atoms. The average Bonchev–Trinajstić information content (AvgIpc) is 2.27. The Bertz CT molecular complexity index is 252. The summed E-state index contributed by atoms with van der Waals surface area (Å²) in [5.41, 5.74) is -0.383. The van der Waals surface area contributed by atoms with Crippen molar-refractivity contribution in [1.82, 2.24) is 0 Å². The summed E-state index contributed by atoms with van der Waals surface area (Å²) < 4.78 is 37.8. The number of hydrogen-bond acceptors (Lipinski definition) is 2. The van der Waals surface area contributed by atoms with Gasteiger partial charge in [-0.05, 0) is 12.3 Å². The van der Waals surface area contributed by atoms with Gasteiger partial charge in [0.1, 0.15) is 0 Å². The van der Waals surface area contributed by atoms with Crippen LogP contribution in [0.3, 0.4) is 0 Å². The molecule has 1 aliphatic rings. The van der Waals surface area contributed by atoms with Crippen molar-refractivity contribution < 1.29 is 13.2 Å². The van der Waals surface area contributed by atoms with Gasteiger partial charge in [0.2, 0.25) is 0 Å². The number of halogens is 3. The van der Waals surface area contributed by atoms with Gasteiger partial charge in [-0.3, -0.25) is 4.99 Å². The minimum absolute atomic E-state index is 0.383. The van der Waals surface area contributed by atoms with Crippen molar-refractivity contribution in [1.29, 1.82) is 0 Å². The van der Waals surface area contributed by atoms with Gasteiger partial charge in [0.15, 0.2) is 6.04 Å². The van der Waals surface area contributed by atoms with Gasteiger partial charge in [-0.2, -0.15) is 13.2 Å². The highest BCUT2D eigenvalue weighted by Gasteiger charge is 2.51. The van der Waals surface area contributed by atoms with E-state index in [-0.39, 0.29) is 5.41 Å². The Kier molecular flexibility index (Phi) is 2.91. The van der Waals surface area contributed by atoms with E-state index in [1.807, 2.05) is 20.8 Å². The van der Waals surface area contributed by atoms with E-state index >= 15 is 0 Å². The summed E-state index contributed by atoms with van der Waals surface area (Å²) in [6.45, 7) is 7.09. The van der Waals surface area contributed by atoms with Crippen LogP contribution in [0.25, 0.3) is 0 Å². The minimum Gasteiger partial charge on any atom is -0.269 e. The smallest absolute Gasteiger partial charge is 0.269 e. The van der Waals surface area contributed by atoms with Crippen molar-refractivity contribution in [3.8, 4) is 0 Å². The molecular weight excluding hydrogens is 211 g/mol. The highest BCUT2D eigenvalue weighted by atomic mass is 32.2. The van der Waals surface area contributed by atoms with Crippen molar-refractivity contribution in [2.45, 2.75) is 45.2 Å². The van der Waals surface area contributed by atoms with Crippen molar-refractivity contribution in [3.63, 3.8) is 0 Å². The van der Waals surface area contributed by atoms with E-state index in [2.05, 4.69) is 4.99 Å². The van der Waals surface area contributed by atoms with Crippen LogP contribution in [-0.2, 0) is 0 Å². The molecule has 5 heteroatoms. The lowest BCUT2D eigenvalue weighted by atomic mass is 9.87. The molecule has 2 unspecified atom stereocenters. The van der Waals surface area contributed by atoms with Crippen molar-refractivity contribution in [2.24, 2.45) is 10.4 Å². The molecule has 0 N–H and O–H groups in total. The van der Waals surface area contributed by atoms with Crippen molar-refractivity contribution in [2.75, 3.05) is 0 Å². The zero-order chi connectivity index (χ0) is 11.1. The van der Waals surface area contributed by atoms with Gasteiger partial charge < -0.3 is 0 Å². The molecular formula is C9H14F3NS. The molecule has 2 atom stereocenters. The molecule has 1 rings (SSSR count). The van der Waals surface area contributed by atoms with Crippen LogP contribution in [0.2, 0.25) is 0 Å². The van der Waals surface area contributed by atoms with Crippen LogP contribution in [0.5, 0.6) is 0 Å². The molecule has 1 nitrogen and oxygen atoms in total. The Morgan fingerprint density at radius 2 is 1.71 bits per heavy atom. The fraction of sp³-hybridized carbons (Fsp3) is 0.889. The van der Waals surface area contributed by atoms with E-state index < -0.39 is 17.5 Å². The second kappa shape index (κ2) is 3.43. The summed E-state index contributed by atoms with van der Waals surface area (Å²) in [5.74, 6) is 0. The van der Waals surface area contributed by atoms with E-state index in [0.29, 0.717) is 5.04 Å². The average molecular weight is 225 g/mol. The zero-order valence-electron chi connectivity index (χ0n) is 8.64. The van der Waals surface area contributed by atoms with Gasteiger partial charge in [0, 0.05) is 5.25 Å². The monoisotopic (exact) mass is 225 g/mol. The van der Waals surface area contributed by atoms with Crippen LogP contribution in [0.15, 0.2) is 4.99 Å². The van der Waals surface area contributed by atoms with Gasteiger partial charge in [-0.15, -0.1) is 11.8 Å². The summed E-state index contributed by atoms with van der Waals surface area (Å²) in [6, 6.07) is -1.53. The third-order valence-corrected chi connectivity index (χ3v) is 3.76. The summed E-state index contributed by atoms with van der Waals surface area (Å²) >= 11 is 1.24. The van der Waals surface area contributed by atoms with E-state index in [4.69, 9.17) is 0 Å². The molecule has 14 heavy (non-hydrogen) atoms. The molecule has 0 fully saturated rings. The zero-order valence-corrected chi connectivity index (χ0v) is 9.46. The van der Waals surface area contributed by atoms with E-state index in [0.717, 1.165) is 0 Å². The molecule has 1 heterocycles. The summed E-state index contributed by atoms with van der Waals surface area (Å²) in [5, 5.41) is 0.0368. The lowest BCUT2D eigenvalue weighted by Crippen LogP contribution is -2.41. The molecule has 0 radical (unpaired) electrons. The first-order valence-corrected chi connectivity index (χ1v) is 5.28. The van der Waals surface area contributed by atoms with Gasteiger partial charge in [-0.25, -0.2) is 0 Å². The molecule has 0 amide bonds. The SMILES string of the molecule is CC1=NC(C(F)(F)F)C(C(C)(C)C)S1. The van der Waals surface area contributed by atoms with Gasteiger partial charge >= 0.3 is 6.18 Å². The molecule has 0 aromatic rings. The Morgan fingerprint density at radius 1 is 1.21 bits per heavy atom. The number of rotatable bonds is 0. The normalized spacial score (nSPS) is 29.2. The fourth-order valence-corrected chi connectivity index (χ4v) is 2.68. The fourth-order valence-electron chi connectivity index (χ4n) is 1.44. The van der Waals surface area contributed by atoms with Crippen LogP contribution in [0, 0.1) is 5.41 Å². The molecule has 0 saturated carbocycles. The Labute approximate surface area is 86.2 Å². The Hall–Kier alpha value is -0.190. The Balaban J connectivity index is 2.91. The van der Waals surface area contributed by atoms with Gasteiger partial charge in [-0.1, -0.05) is 20.8 Å². The maximum atomic E-state index is 12.6. The third-order valence-electron chi connectivity index (χ3n) is 2.09. The molecule has 0 aromatic heterocycles. The summed E-state index contributed by atoms with van der Waals surface area (Å²) in [7, 11) is 0. The third kappa shape index (κ3) is 2.43. The first-order valence-electron chi connectivity index (χ1n) is 4.40. The number of nitrogens with zero attached hydrogens (tertiary/aromatic N) is 1. The van der Waals surface area contributed by atoms with Crippen molar-refractivity contribution >= 4 is 16.8 Å². The lowest BCUT2D eigenvalue weighted by molar-refractivity contribution is -0.150. The number of thioether (sulfide) groups is 1. The molecule has 0 aromatic carbocycles. The number of aliphatic imine (C=N–C) groups is 1. The maximum Gasteiger partial charge on any atom is 0.411 e. The summed E-state index contributed by atoms with van der Waals surface area (Å²) in [4.78, 5) is 3.66. The molecule has 0 bridgehead atoms. The first kappa shape index (κ1) is 11.9. The van der Waals surface area contributed by atoms with E-state index in [1.54, 1.807) is 6.92 Å². The highest BCUT2D eigenvalue weighted by Crippen LogP contribution is 2.44. The number of hydrogen-bond donors (Lipinski definition) is 0. The summed E-state index contributed by atoms with van der Waals surface area (Å²) in [6.07, 6.45) is -4.22. The second-order valence-electron chi connectivity index (χ2n) is 4.54. The van der Waals surface area contributed by atoms with E-state index in [1.165, 1.54) is 11.8 Å². The minimum atomic E-state index is -4.22. The predicted molar refractivity (Wildman–Crippen MR) is 53.8 cm³/mol. The van der Waals surface area contributed by atoms with Crippen LogP contribution in [0.1, 0.15) is 27.7 Å². The molecule has 0 aliphatic carbocycles. The maximum absolute atomic E-state index is 12.6. The van der Waals surface area contributed by atoms with Crippen LogP contribution in [0.4, 0.5) is 13.2 Å². The van der Waals surface area contributed by atoms with Crippen LogP contribution in [-0.4, -0.2) is 22.5 Å². The topological polar surface area (TPSA) is 12.4 Å². The van der Waals surface area contributed by atoms with Gasteiger partial charge in [0.05, 0.1) is 5.04 Å². The van der Waals surface area contributed by atoms with Crippen molar-refractivity contribution in [3.05, 3.63) is 0 Å². The predicted octanol–water partition coefficient (Wildman–Crippen LogP) is 3.50. The molecule has 1 aliphatic heterocycles. The standard InChI is InChI=1S/C9H14F3NS/c1-5-13-6(9(10,11)12)7(14-5)8(2,3)4/h6-7H,1-4H3. The molecule has 0 saturated heterocycles. The largest absolute Gasteiger partial charge is 0.411 e. The van der Waals surface area contributed by atoms with E-state index in [9.17, 15) is 13.2 Å². The van der Waals surface area contributed by atoms with Crippen LogP contribution >= 0.6 is 11.8 Å². The quantitative estimate of drug-likeness (QED) is 0.614. The second-order valence-corrected chi connectivity index (χ2v) is 5.87. The molecule has 82 valence electrons. The number of alkyl halides is 3. The van der Waals surface area contributed by atoms with Crippen LogP contribution < -0.4 is 0 Å². The van der Waals surface area contributed by atoms with Gasteiger partial charge in [0.25, 0.3) is 0 Å². The first-order chi connectivity index (χ1) is 6.12. The lowest BCUT2D eigenvalue weighted by Gasteiger charge is -2.31. The highest BCUT2D eigenvalue weighted by molar-refractivity contribution is 8.14. The Morgan fingerprint density at radius 3 is 2.00 bits per heavy atom.